The Balaban J connectivity index is 2.12. The van der Waals surface area contributed by atoms with E-state index in [0.717, 1.165) is 19.0 Å². The molecule has 2 rings (SSSR count). The number of aromatic nitrogens is 2. The second-order valence-electron chi connectivity index (χ2n) is 3.18. The van der Waals surface area contributed by atoms with E-state index in [-0.39, 0.29) is 0 Å². The fourth-order valence-electron chi connectivity index (χ4n) is 1.04. The van der Waals surface area contributed by atoms with Gasteiger partial charge in [0.2, 0.25) is 5.89 Å². The maximum atomic E-state index is 5.09. The normalized spacial score (nSPS) is 17.5. The number of anilines is 1. The first-order valence-corrected chi connectivity index (χ1v) is 3.99. The van der Waals surface area contributed by atoms with Crippen molar-refractivity contribution in [2.24, 2.45) is 0 Å². The minimum absolute atomic E-state index is 0.422. The summed E-state index contributed by atoms with van der Waals surface area (Å²) in [7, 11) is 3.79. The molecule has 1 aromatic heterocycles. The van der Waals surface area contributed by atoms with E-state index >= 15 is 0 Å². The van der Waals surface area contributed by atoms with Crippen LogP contribution in [0, 0.1) is 0 Å². The molecule has 5 heteroatoms. The van der Waals surface area contributed by atoms with Gasteiger partial charge in [-0.05, 0) is 5.16 Å². The molecule has 1 aliphatic heterocycles. The minimum Gasteiger partial charge on any atom is -0.344 e. The molecule has 0 radical (unpaired) electrons. The molecule has 0 aliphatic carbocycles. The lowest BCUT2D eigenvalue weighted by atomic mass is 10.0. The van der Waals surface area contributed by atoms with Crippen molar-refractivity contribution in [2.45, 2.75) is 5.92 Å². The molecule has 1 saturated heterocycles. The van der Waals surface area contributed by atoms with Crippen LogP contribution in [0.2, 0.25) is 0 Å². The van der Waals surface area contributed by atoms with Crippen molar-refractivity contribution >= 4 is 5.95 Å². The third kappa shape index (κ3) is 1.16. The molecule has 0 bridgehead atoms. The molecule has 1 fully saturated rings. The Kier molecular flexibility index (Phi) is 1.73. The van der Waals surface area contributed by atoms with Gasteiger partial charge in [0, 0.05) is 27.2 Å². The van der Waals surface area contributed by atoms with Crippen molar-refractivity contribution in [1.82, 2.24) is 15.5 Å². The smallest absolute Gasteiger partial charge is 0.265 e. The molecule has 0 spiro atoms. The molecular weight excluding hydrogens is 156 g/mol. The van der Waals surface area contributed by atoms with E-state index in [9.17, 15) is 0 Å². The first kappa shape index (κ1) is 7.54. The molecule has 12 heavy (non-hydrogen) atoms. The number of nitrogens with one attached hydrogen (secondary N) is 1. The predicted octanol–water partition coefficient (Wildman–Crippen LogP) is -0.178. The molecule has 5 nitrogen and oxygen atoms in total. The van der Waals surface area contributed by atoms with Gasteiger partial charge < -0.3 is 14.7 Å². The monoisotopic (exact) mass is 168 g/mol. The first-order valence-electron chi connectivity index (χ1n) is 3.99. The van der Waals surface area contributed by atoms with Gasteiger partial charge in [-0.25, -0.2) is 0 Å². The Bertz CT molecular complexity index is 266. The Labute approximate surface area is 70.7 Å². The molecule has 1 aromatic rings. The van der Waals surface area contributed by atoms with Crippen LogP contribution in [0.25, 0.3) is 0 Å². The standard InChI is InChI=1S/C7H12N4O/c1-11(2)7-9-6(12-10-7)5-3-8-4-5/h5,8H,3-4H2,1-2H3. The minimum atomic E-state index is 0.422. The lowest BCUT2D eigenvalue weighted by Gasteiger charge is -2.22. The summed E-state index contributed by atoms with van der Waals surface area (Å²) >= 11 is 0. The molecule has 1 aliphatic rings. The molecular formula is C7H12N4O. The van der Waals surface area contributed by atoms with E-state index in [1.165, 1.54) is 0 Å². The van der Waals surface area contributed by atoms with Crippen LogP contribution < -0.4 is 10.2 Å². The van der Waals surface area contributed by atoms with Crippen molar-refractivity contribution < 1.29 is 4.52 Å². The molecule has 1 N–H and O–H groups in total. The van der Waals surface area contributed by atoms with Crippen molar-refractivity contribution in [2.75, 3.05) is 32.1 Å². The van der Waals surface area contributed by atoms with Gasteiger partial charge in [0.15, 0.2) is 0 Å². The molecule has 66 valence electrons. The average molecular weight is 168 g/mol. The highest BCUT2D eigenvalue weighted by Crippen LogP contribution is 2.19. The maximum Gasteiger partial charge on any atom is 0.265 e. The van der Waals surface area contributed by atoms with Gasteiger partial charge >= 0.3 is 0 Å². The number of hydrogen-bond donors (Lipinski definition) is 1. The summed E-state index contributed by atoms with van der Waals surface area (Å²) in [4.78, 5) is 6.07. The molecule has 0 atom stereocenters. The van der Waals surface area contributed by atoms with Crippen LogP contribution in [0.1, 0.15) is 11.8 Å². The fourth-order valence-corrected chi connectivity index (χ4v) is 1.04. The molecule has 0 amide bonds. The highest BCUT2D eigenvalue weighted by Gasteiger charge is 2.25. The predicted molar refractivity (Wildman–Crippen MR) is 44.2 cm³/mol. The Morgan fingerprint density at radius 2 is 2.25 bits per heavy atom. The van der Waals surface area contributed by atoms with Crippen LogP contribution in [0.15, 0.2) is 4.52 Å². The summed E-state index contributed by atoms with van der Waals surface area (Å²) in [5, 5.41) is 6.99. The van der Waals surface area contributed by atoms with Crippen LogP contribution >= 0.6 is 0 Å². The zero-order chi connectivity index (χ0) is 8.55. The van der Waals surface area contributed by atoms with Crippen molar-refractivity contribution in [3.05, 3.63) is 5.89 Å². The zero-order valence-electron chi connectivity index (χ0n) is 7.24. The van der Waals surface area contributed by atoms with Crippen molar-refractivity contribution in [3.63, 3.8) is 0 Å². The van der Waals surface area contributed by atoms with Gasteiger partial charge in [0.05, 0.1) is 5.92 Å². The van der Waals surface area contributed by atoms with Gasteiger partial charge in [0.1, 0.15) is 0 Å². The zero-order valence-corrected chi connectivity index (χ0v) is 7.24. The summed E-state index contributed by atoms with van der Waals surface area (Å²) < 4.78 is 5.09. The Morgan fingerprint density at radius 3 is 2.67 bits per heavy atom. The largest absolute Gasteiger partial charge is 0.344 e. The molecule has 0 unspecified atom stereocenters. The van der Waals surface area contributed by atoms with Crippen molar-refractivity contribution in [1.29, 1.82) is 0 Å². The van der Waals surface area contributed by atoms with E-state index in [2.05, 4.69) is 15.5 Å². The summed E-state index contributed by atoms with van der Waals surface area (Å²) in [6.07, 6.45) is 0. The summed E-state index contributed by atoms with van der Waals surface area (Å²) in [6, 6.07) is 0. The van der Waals surface area contributed by atoms with Gasteiger partial charge in [-0.3, -0.25) is 0 Å². The van der Waals surface area contributed by atoms with Gasteiger partial charge in [-0.1, -0.05) is 0 Å². The lowest BCUT2D eigenvalue weighted by Crippen LogP contribution is -2.40. The van der Waals surface area contributed by atoms with Gasteiger partial charge in [0.25, 0.3) is 5.95 Å². The summed E-state index contributed by atoms with van der Waals surface area (Å²) in [6.45, 7) is 1.91. The third-order valence-corrected chi connectivity index (χ3v) is 1.96. The second kappa shape index (κ2) is 2.75. The van der Waals surface area contributed by atoms with Gasteiger partial charge in [-0.15, -0.1) is 0 Å². The van der Waals surface area contributed by atoms with Crippen molar-refractivity contribution in [3.8, 4) is 0 Å². The lowest BCUT2D eigenvalue weighted by molar-refractivity contribution is 0.308. The summed E-state index contributed by atoms with van der Waals surface area (Å²) in [5.41, 5.74) is 0. The fraction of sp³-hybridized carbons (Fsp3) is 0.714. The number of nitrogens with zero attached hydrogens (tertiary/aromatic N) is 3. The molecule has 2 heterocycles. The number of rotatable bonds is 2. The van der Waals surface area contributed by atoms with E-state index in [1.807, 2.05) is 19.0 Å². The van der Waals surface area contributed by atoms with Crippen LogP contribution in [0.4, 0.5) is 5.95 Å². The first-order chi connectivity index (χ1) is 5.77. The SMILES string of the molecule is CN(C)c1noc(C2CNC2)n1. The van der Waals surface area contributed by atoms with Gasteiger partial charge in [-0.2, -0.15) is 4.98 Å². The maximum absolute atomic E-state index is 5.09. The van der Waals surface area contributed by atoms with E-state index in [0.29, 0.717) is 11.9 Å². The van der Waals surface area contributed by atoms with E-state index in [1.54, 1.807) is 0 Å². The van der Waals surface area contributed by atoms with Crippen LogP contribution in [0.5, 0.6) is 0 Å². The molecule has 0 saturated carbocycles. The Hall–Kier alpha value is -1.10. The Morgan fingerprint density at radius 1 is 1.50 bits per heavy atom. The number of hydrogen-bond acceptors (Lipinski definition) is 5. The highest BCUT2D eigenvalue weighted by molar-refractivity contribution is 5.24. The summed E-state index contributed by atoms with van der Waals surface area (Å²) in [5.74, 6) is 1.82. The van der Waals surface area contributed by atoms with E-state index in [4.69, 9.17) is 4.52 Å². The average Bonchev–Trinajstić information content (AvgIpc) is 2.32. The highest BCUT2D eigenvalue weighted by atomic mass is 16.5. The van der Waals surface area contributed by atoms with Crippen LogP contribution in [0.3, 0.4) is 0 Å². The van der Waals surface area contributed by atoms with Crippen LogP contribution in [-0.4, -0.2) is 37.3 Å². The molecule has 0 aromatic carbocycles. The topological polar surface area (TPSA) is 54.2 Å². The second-order valence-corrected chi connectivity index (χ2v) is 3.18. The van der Waals surface area contributed by atoms with E-state index < -0.39 is 0 Å². The third-order valence-electron chi connectivity index (χ3n) is 1.96. The quantitative estimate of drug-likeness (QED) is 0.664. The van der Waals surface area contributed by atoms with Crippen LogP contribution in [-0.2, 0) is 0 Å².